The van der Waals surface area contributed by atoms with Crippen LogP contribution in [0, 0.1) is 5.82 Å². The Hall–Kier alpha value is -2.40. The summed E-state index contributed by atoms with van der Waals surface area (Å²) in [6.45, 7) is 0.467. The van der Waals surface area contributed by atoms with Crippen LogP contribution in [0.1, 0.15) is 5.69 Å². The maximum absolute atomic E-state index is 13.9. The molecule has 0 radical (unpaired) electrons. The van der Waals surface area contributed by atoms with E-state index in [9.17, 15) is 4.39 Å². The zero-order valence-electron chi connectivity index (χ0n) is 11.7. The second-order valence-corrected chi connectivity index (χ2v) is 4.72. The first-order valence-electron chi connectivity index (χ1n) is 6.74. The van der Waals surface area contributed by atoms with Crippen molar-refractivity contribution in [2.45, 2.75) is 6.42 Å². The molecule has 2 aromatic heterocycles. The van der Waals surface area contributed by atoms with Crippen LogP contribution >= 0.6 is 0 Å². The minimum absolute atomic E-state index is 0.326. The van der Waals surface area contributed by atoms with Gasteiger partial charge in [0.2, 0.25) is 0 Å². The molecular formula is C16H16FN3O. The molecule has 1 aromatic carbocycles. The van der Waals surface area contributed by atoms with E-state index >= 15 is 0 Å². The van der Waals surface area contributed by atoms with Gasteiger partial charge in [0.25, 0.3) is 0 Å². The summed E-state index contributed by atoms with van der Waals surface area (Å²) >= 11 is 0. The van der Waals surface area contributed by atoms with Gasteiger partial charge in [0, 0.05) is 18.2 Å². The molecule has 5 heteroatoms. The molecule has 0 bridgehead atoms. The molecule has 0 spiro atoms. The van der Waals surface area contributed by atoms with Crippen molar-refractivity contribution in [1.82, 2.24) is 9.38 Å². The number of fused-ring (bicyclic) bond motifs is 1. The Morgan fingerprint density at radius 1 is 1.24 bits per heavy atom. The van der Waals surface area contributed by atoms with Crippen LogP contribution in [0.25, 0.3) is 16.9 Å². The van der Waals surface area contributed by atoms with Crippen LogP contribution in [-0.4, -0.2) is 23.0 Å². The molecule has 0 atom stereocenters. The Kier molecular flexibility index (Phi) is 3.58. The highest BCUT2D eigenvalue weighted by Crippen LogP contribution is 2.28. The normalized spacial score (nSPS) is 11.0. The molecule has 108 valence electrons. The third-order valence-corrected chi connectivity index (χ3v) is 3.42. The second kappa shape index (κ2) is 5.54. The number of nitrogens with zero attached hydrogens (tertiary/aromatic N) is 2. The second-order valence-electron chi connectivity index (χ2n) is 4.72. The highest BCUT2D eigenvalue weighted by Gasteiger charge is 2.15. The van der Waals surface area contributed by atoms with Crippen molar-refractivity contribution in [3.8, 4) is 17.0 Å². The van der Waals surface area contributed by atoms with Gasteiger partial charge in [-0.1, -0.05) is 0 Å². The number of aromatic nitrogens is 2. The first kappa shape index (κ1) is 13.6. The molecule has 2 N–H and O–H groups in total. The van der Waals surface area contributed by atoms with Gasteiger partial charge in [0.15, 0.2) is 11.5 Å². The average Bonchev–Trinajstić information content (AvgIpc) is 2.87. The first-order chi connectivity index (χ1) is 10.2. The third kappa shape index (κ3) is 2.36. The van der Waals surface area contributed by atoms with E-state index in [0.717, 1.165) is 22.7 Å². The van der Waals surface area contributed by atoms with E-state index in [-0.39, 0.29) is 5.82 Å². The standard InChI is InChI=1S/C16H16FN3O/c1-21-12-6-4-11(5-7-12)15-14(8-9-18)19-16-13(17)3-2-10-20(15)16/h2-7,10H,8-9,18H2,1H3. The maximum atomic E-state index is 13.9. The minimum atomic E-state index is -0.337. The summed E-state index contributed by atoms with van der Waals surface area (Å²) in [5, 5.41) is 0. The molecule has 0 aliphatic carbocycles. The van der Waals surface area contributed by atoms with Crippen LogP contribution in [0.15, 0.2) is 42.6 Å². The van der Waals surface area contributed by atoms with Crippen LogP contribution in [0.2, 0.25) is 0 Å². The van der Waals surface area contributed by atoms with Crippen LogP contribution in [0.4, 0.5) is 4.39 Å². The molecular weight excluding hydrogens is 269 g/mol. The number of rotatable bonds is 4. The molecule has 3 aromatic rings. The van der Waals surface area contributed by atoms with Crippen molar-refractivity contribution >= 4 is 5.65 Å². The quantitative estimate of drug-likeness (QED) is 0.801. The van der Waals surface area contributed by atoms with Gasteiger partial charge in [-0.05, 0) is 42.9 Å². The van der Waals surface area contributed by atoms with Gasteiger partial charge >= 0.3 is 0 Å². The molecule has 0 fully saturated rings. The summed E-state index contributed by atoms with van der Waals surface area (Å²) < 4.78 is 20.9. The van der Waals surface area contributed by atoms with Crippen LogP contribution < -0.4 is 10.5 Å². The van der Waals surface area contributed by atoms with Crippen molar-refractivity contribution < 1.29 is 9.13 Å². The van der Waals surface area contributed by atoms with Crippen LogP contribution in [0.3, 0.4) is 0 Å². The van der Waals surface area contributed by atoms with E-state index in [1.165, 1.54) is 6.07 Å². The lowest BCUT2D eigenvalue weighted by Crippen LogP contribution is -2.04. The number of benzene rings is 1. The Morgan fingerprint density at radius 2 is 2.00 bits per heavy atom. The monoisotopic (exact) mass is 285 g/mol. The number of methoxy groups -OCH3 is 1. The smallest absolute Gasteiger partial charge is 0.173 e. The lowest BCUT2D eigenvalue weighted by molar-refractivity contribution is 0.415. The first-order valence-corrected chi connectivity index (χ1v) is 6.74. The van der Waals surface area contributed by atoms with Crippen molar-refractivity contribution in [2.24, 2.45) is 5.73 Å². The van der Waals surface area contributed by atoms with Gasteiger partial charge in [-0.15, -0.1) is 0 Å². The fourth-order valence-electron chi connectivity index (χ4n) is 2.45. The molecule has 0 unspecified atom stereocenters. The van der Waals surface area contributed by atoms with E-state index in [1.807, 2.05) is 30.5 Å². The van der Waals surface area contributed by atoms with Gasteiger partial charge in [0.05, 0.1) is 18.5 Å². The molecule has 0 amide bonds. The van der Waals surface area contributed by atoms with Gasteiger partial charge in [-0.2, -0.15) is 0 Å². The molecule has 4 nitrogen and oxygen atoms in total. The minimum Gasteiger partial charge on any atom is -0.497 e. The fourth-order valence-corrected chi connectivity index (χ4v) is 2.45. The van der Waals surface area contributed by atoms with Crippen molar-refractivity contribution in [1.29, 1.82) is 0 Å². The summed E-state index contributed by atoms with van der Waals surface area (Å²) in [5.41, 5.74) is 8.60. The molecule has 21 heavy (non-hydrogen) atoms. The van der Waals surface area contributed by atoms with E-state index in [0.29, 0.717) is 18.6 Å². The summed E-state index contributed by atoms with van der Waals surface area (Å²) in [6, 6.07) is 10.7. The largest absolute Gasteiger partial charge is 0.497 e. The Balaban J connectivity index is 2.22. The number of pyridine rings is 1. The van der Waals surface area contributed by atoms with Crippen molar-refractivity contribution in [3.63, 3.8) is 0 Å². The average molecular weight is 285 g/mol. The van der Waals surface area contributed by atoms with E-state index in [4.69, 9.17) is 10.5 Å². The van der Waals surface area contributed by atoms with E-state index < -0.39 is 0 Å². The van der Waals surface area contributed by atoms with E-state index in [1.54, 1.807) is 17.6 Å². The number of imidazole rings is 1. The number of hydrogen-bond acceptors (Lipinski definition) is 3. The van der Waals surface area contributed by atoms with Gasteiger partial charge in [-0.25, -0.2) is 9.37 Å². The summed E-state index contributed by atoms with van der Waals surface area (Å²) in [5.74, 6) is 0.439. The summed E-state index contributed by atoms with van der Waals surface area (Å²) in [4.78, 5) is 4.40. The zero-order valence-corrected chi connectivity index (χ0v) is 11.7. The predicted molar refractivity (Wildman–Crippen MR) is 79.9 cm³/mol. The van der Waals surface area contributed by atoms with Crippen molar-refractivity contribution in [2.75, 3.05) is 13.7 Å². The summed E-state index contributed by atoms with van der Waals surface area (Å²) in [6.07, 6.45) is 2.41. The van der Waals surface area contributed by atoms with Crippen LogP contribution in [-0.2, 0) is 6.42 Å². The number of halogens is 1. The number of ether oxygens (including phenoxy) is 1. The zero-order chi connectivity index (χ0) is 14.8. The van der Waals surface area contributed by atoms with Gasteiger partial charge < -0.3 is 10.5 Å². The lowest BCUT2D eigenvalue weighted by atomic mass is 10.1. The van der Waals surface area contributed by atoms with Crippen LogP contribution in [0.5, 0.6) is 5.75 Å². The SMILES string of the molecule is COc1ccc(-c2c(CCN)nc3c(F)cccn23)cc1. The Labute approximate surface area is 122 Å². The number of nitrogens with two attached hydrogens (primary N) is 1. The summed E-state index contributed by atoms with van der Waals surface area (Å²) in [7, 11) is 1.62. The molecule has 0 aliphatic rings. The predicted octanol–water partition coefficient (Wildman–Crippen LogP) is 2.65. The molecule has 0 saturated heterocycles. The highest BCUT2D eigenvalue weighted by atomic mass is 19.1. The third-order valence-electron chi connectivity index (χ3n) is 3.42. The molecule has 0 aliphatic heterocycles. The van der Waals surface area contributed by atoms with E-state index in [2.05, 4.69) is 4.98 Å². The maximum Gasteiger partial charge on any atom is 0.173 e. The van der Waals surface area contributed by atoms with Gasteiger partial charge in [-0.3, -0.25) is 4.40 Å². The lowest BCUT2D eigenvalue weighted by Gasteiger charge is -2.06. The van der Waals surface area contributed by atoms with Crippen molar-refractivity contribution in [3.05, 3.63) is 54.1 Å². The Bertz CT molecular complexity index is 765. The molecule has 3 rings (SSSR count). The fraction of sp³-hybridized carbons (Fsp3) is 0.188. The molecule has 2 heterocycles. The Morgan fingerprint density at radius 3 is 2.67 bits per heavy atom. The number of hydrogen-bond donors (Lipinski definition) is 1. The molecule has 0 saturated carbocycles. The van der Waals surface area contributed by atoms with Gasteiger partial charge in [0.1, 0.15) is 5.75 Å². The highest BCUT2D eigenvalue weighted by molar-refractivity contribution is 5.68. The topological polar surface area (TPSA) is 52.5 Å².